The molecule has 1 aromatic rings. The number of hydrogen-bond donors (Lipinski definition) is 0. The summed E-state index contributed by atoms with van der Waals surface area (Å²) in [5, 5.41) is -7.11. The Bertz CT molecular complexity index is 935. The van der Waals surface area contributed by atoms with E-state index in [4.69, 9.17) is 4.74 Å². The van der Waals surface area contributed by atoms with E-state index in [-0.39, 0.29) is 0 Å². The molecule has 0 radical (unpaired) electrons. The van der Waals surface area contributed by atoms with Gasteiger partial charge in [0.25, 0.3) is 0 Å². The highest BCUT2D eigenvalue weighted by Gasteiger charge is 2.83. The van der Waals surface area contributed by atoms with Gasteiger partial charge in [-0.3, -0.25) is 0 Å². The Morgan fingerprint density at radius 2 is 1.37 bits per heavy atom. The number of aryl methyl sites for hydroxylation is 2. The van der Waals surface area contributed by atoms with E-state index in [1.807, 2.05) is 0 Å². The molecule has 0 amide bonds. The molecule has 0 unspecified atom stereocenters. The van der Waals surface area contributed by atoms with Crippen LogP contribution in [0.2, 0.25) is 0 Å². The van der Waals surface area contributed by atoms with Crippen molar-refractivity contribution in [2.24, 2.45) is 0 Å². The van der Waals surface area contributed by atoms with Gasteiger partial charge in [0.15, 0.2) is 15.0 Å². The van der Waals surface area contributed by atoms with Crippen molar-refractivity contribution in [1.82, 2.24) is 0 Å². The summed E-state index contributed by atoms with van der Waals surface area (Å²) in [5.41, 5.74) is 2.64. The average molecular weight is 565 g/mol. The van der Waals surface area contributed by atoms with Gasteiger partial charge >= 0.3 is 23.3 Å². The summed E-state index contributed by atoms with van der Waals surface area (Å²) in [6, 6.07) is 4.73. The van der Waals surface area contributed by atoms with E-state index in [1.54, 1.807) is 4.90 Å². The minimum atomic E-state index is -7.43. The standard InChI is InChI=1S/C16H25OS.C4HF9O3S/c1-4-5-8-17-16-13(2)11-15(12-14(16)3)18-9-6-7-10-18;5-1(6,3(9,10)11)2(7,8)4(12,13)17(14,15)16/h11-12H,4-10H2,1-3H3;(H,14,15,16)/q+1;/p-1. The normalized spacial score (nSPS) is 16.1. The van der Waals surface area contributed by atoms with Gasteiger partial charge in [0.2, 0.25) is 0 Å². The molecule has 0 aromatic heterocycles. The van der Waals surface area contributed by atoms with Crippen molar-refractivity contribution in [3.63, 3.8) is 0 Å². The number of benzene rings is 1. The lowest BCUT2D eigenvalue weighted by atomic mass is 10.1. The third-order valence-electron chi connectivity index (χ3n) is 4.97. The fourth-order valence-electron chi connectivity index (χ4n) is 3.03. The van der Waals surface area contributed by atoms with E-state index in [9.17, 15) is 52.5 Å². The van der Waals surface area contributed by atoms with E-state index in [2.05, 4.69) is 32.9 Å². The molecule has 1 fully saturated rings. The molecule has 0 aliphatic carbocycles. The third-order valence-corrected chi connectivity index (χ3v) is 8.32. The summed E-state index contributed by atoms with van der Waals surface area (Å²) in [5.74, 6) is -10.9. The van der Waals surface area contributed by atoms with Gasteiger partial charge in [0, 0.05) is 10.9 Å². The van der Waals surface area contributed by atoms with E-state index < -0.39 is 33.4 Å². The van der Waals surface area contributed by atoms with Crippen LogP contribution in [0.25, 0.3) is 0 Å². The van der Waals surface area contributed by atoms with Gasteiger partial charge in [-0.05, 0) is 56.4 Å². The summed E-state index contributed by atoms with van der Waals surface area (Å²) >= 11 is 0. The summed E-state index contributed by atoms with van der Waals surface area (Å²) in [6.45, 7) is 7.44. The molecule has 4 nitrogen and oxygen atoms in total. The highest BCUT2D eigenvalue weighted by molar-refractivity contribution is 7.97. The van der Waals surface area contributed by atoms with Gasteiger partial charge in [0.1, 0.15) is 17.3 Å². The SMILES string of the molecule is CCCCOc1c(C)cc([S+]2CCCC2)cc1C.O=S(=O)([O-])C(F)(F)C(F)(F)C(F)(F)C(F)(F)F. The second kappa shape index (κ2) is 11.4. The molecular formula is C20H25F9O4S2. The van der Waals surface area contributed by atoms with Crippen LogP contribution < -0.4 is 4.74 Å². The van der Waals surface area contributed by atoms with Crippen molar-refractivity contribution in [2.45, 2.75) is 74.6 Å². The van der Waals surface area contributed by atoms with E-state index in [0.717, 1.165) is 18.8 Å². The molecule has 0 saturated carbocycles. The summed E-state index contributed by atoms with van der Waals surface area (Å²) in [7, 11) is -6.90. The van der Waals surface area contributed by atoms with E-state index >= 15 is 0 Å². The average Bonchev–Trinajstić information content (AvgIpc) is 3.23. The number of rotatable bonds is 8. The van der Waals surface area contributed by atoms with Crippen LogP contribution in [0.4, 0.5) is 39.5 Å². The Morgan fingerprint density at radius 1 is 0.914 bits per heavy atom. The molecule has 0 N–H and O–H groups in total. The highest BCUT2D eigenvalue weighted by atomic mass is 32.2. The van der Waals surface area contributed by atoms with Gasteiger partial charge in [-0.1, -0.05) is 13.3 Å². The van der Waals surface area contributed by atoms with Crippen LogP contribution in [0.5, 0.6) is 5.75 Å². The smallest absolute Gasteiger partial charge is 0.460 e. The zero-order valence-electron chi connectivity index (χ0n) is 19.0. The first-order valence-corrected chi connectivity index (χ1v) is 13.3. The number of halogens is 9. The van der Waals surface area contributed by atoms with Crippen molar-refractivity contribution < 1.29 is 57.2 Å². The Kier molecular flexibility index (Phi) is 10.3. The number of alkyl halides is 9. The van der Waals surface area contributed by atoms with Crippen molar-refractivity contribution >= 4 is 21.0 Å². The number of hydrogen-bond acceptors (Lipinski definition) is 4. The first-order chi connectivity index (χ1) is 15.7. The monoisotopic (exact) mass is 564 g/mol. The van der Waals surface area contributed by atoms with Crippen LogP contribution in [0.1, 0.15) is 43.7 Å². The van der Waals surface area contributed by atoms with Crippen molar-refractivity contribution in [3.05, 3.63) is 23.3 Å². The summed E-state index contributed by atoms with van der Waals surface area (Å²) in [4.78, 5) is 1.56. The molecule has 1 aliphatic heterocycles. The first-order valence-electron chi connectivity index (χ1n) is 10.3. The molecule has 204 valence electrons. The van der Waals surface area contributed by atoms with Crippen molar-refractivity contribution in [2.75, 3.05) is 18.1 Å². The van der Waals surface area contributed by atoms with Crippen LogP contribution in [-0.4, -0.2) is 54.4 Å². The zero-order chi connectivity index (χ0) is 27.5. The second-order valence-electron chi connectivity index (χ2n) is 7.81. The molecule has 2 rings (SSSR count). The largest absolute Gasteiger partial charge is 0.743 e. The molecule has 1 aromatic carbocycles. The molecule has 1 aliphatic rings. The number of ether oxygens (including phenoxy) is 1. The highest BCUT2D eigenvalue weighted by Crippen LogP contribution is 2.54. The summed E-state index contributed by atoms with van der Waals surface area (Å²) in [6.07, 6.45) is -2.00. The van der Waals surface area contributed by atoms with Gasteiger partial charge in [-0.15, -0.1) is 0 Å². The molecule has 1 saturated heterocycles. The first kappa shape index (κ1) is 31.7. The molecule has 0 spiro atoms. The maximum Gasteiger partial charge on any atom is 0.460 e. The van der Waals surface area contributed by atoms with E-state index in [1.165, 1.54) is 41.9 Å². The lowest BCUT2D eigenvalue weighted by Gasteiger charge is -2.34. The lowest BCUT2D eigenvalue weighted by molar-refractivity contribution is -0.382. The Hall–Kier alpha value is -1.35. The lowest BCUT2D eigenvalue weighted by Crippen LogP contribution is -2.63. The summed E-state index contributed by atoms with van der Waals surface area (Å²) < 4.78 is 141. The molecule has 35 heavy (non-hydrogen) atoms. The Balaban J connectivity index is 0.000000351. The predicted octanol–water partition coefficient (Wildman–Crippen LogP) is 6.21. The van der Waals surface area contributed by atoms with Crippen LogP contribution in [0.15, 0.2) is 17.0 Å². The molecule has 0 bridgehead atoms. The van der Waals surface area contributed by atoms with Crippen LogP contribution in [-0.2, 0) is 21.0 Å². The fourth-order valence-corrected chi connectivity index (χ4v) is 5.94. The topological polar surface area (TPSA) is 66.4 Å². The maximum atomic E-state index is 12.2. The van der Waals surface area contributed by atoms with Crippen molar-refractivity contribution in [1.29, 1.82) is 0 Å². The predicted molar refractivity (Wildman–Crippen MR) is 112 cm³/mol. The minimum absolute atomic E-state index is 0.518. The minimum Gasteiger partial charge on any atom is -0.743 e. The van der Waals surface area contributed by atoms with Gasteiger partial charge in [0.05, 0.1) is 6.61 Å². The van der Waals surface area contributed by atoms with Crippen LogP contribution in [0, 0.1) is 13.8 Å². The Morgan fingerprint density at radius 3 is 1.74 bits per heavy atom. The molecule has 0 atom stereocenters. The maximum absolute atomic E-state index is 12.2. The second-order valence-corrected chi connectivity index (χ2v) is 11.5. The molecular weight excluding hydrogens is 539 g/mol. The molecule has 1 heterocycles. The fraction of sp³-hybridized carbons (Fsp3) is 0.700. The van der Waals surface area contributed by atoms with Crippen LogP contribution >= 0.6 is 0 Å². The van der Waals surface area contributed by atoms with Crippen molar-refractivity contribution in [3.8, 4) is 5.75 Å². The van der Waals surface area contributed by atoms with Gasteiger partial charge in [-0.2, -0.15) is 39.5 Å². The number of unbranched alkanes of at least 4 members (excludes halogenated alkanes) is 1. The van der Waals surface area contributed by atoms with E-state index in [0.29, 0.717) is 10.9 Å². The molecule has 15 heteroatoms. The third kappa shape index (κ3) is 6.90. The van der Waals surface area contributed by atoms with Gasteiger partial charge < -0.3 is 9.29 Å². The Labute approximate surface area is 200 Å². The van der Waals surface area contributed by atoms with Gasteiger partial charge in [-0.25, -0.2) is 8.42 Å². The van der Waals surface area contributed by atoms with Crippen LogP contribution in [0.3, 0.4) is 0 Å². The quantitative estimate of drug-likeness (QED) is 0.163. The zero-order valence-corrected chi connectivity index (χ0v) is 20.6.